The van der Waals surface area contributed by atoms with Crippen molar-refractivity contribution < 1.29 is 14.3 Å². The number of amides is 1. The van der Waals surface area contributed by atoms with E-state index in [1.807, 2.05) is 0 Å². The summed E-state index contributed by atoms with van der Waals surface area (Å²) >= 11 is 0. The molecule has 0 aliphatic heterocycles. The number of methoxy groups -OCH3 is 1. The van der Waals surface area contributed by atoms with Crippen LogP contribution >= 0.6 is 0 Å². The van der Waals surface area contributed by atoms with Gasteiger partial charge >= 0.3 is 6.09 Å². The van der Waals surface area contributed by atoms with Crippen LogP contribution in [-0.4, -0.2) is 32.5 Å². The van der Waals surface area contributed by atoms with Crippen LogP contribution in [0.25, 0.3) is 0 Å². The molecule has 2 aliphatic carbocycles. The molecule has 4 atom stereocenters. The normalized spacial score (nSPS) is 32.5. The first-order valence-electron chi connectivity index (χ1n) is 9.09. The summed E-state index contributed by atoms with van der Waals surface area (Å²) in [5.74, 6) is 2.61. The summed E-state index contributed by atoms with van der Waals surface area (Å²) in [6.45, 7) is 3.19. The van der Waals surface area contributed by atoms with Crippen molar-refractivity contribution in [3.63, 3.8) is 0 Å². The monoisotopic (exact) mass is 311 g/mol. The average Bonchev–Trinajstić information content (AvgIpc) is 2.48. The number of hydrogen-bond acceptors (Lipinski definition) is 3. The van der Waals surface area contributed by atoms with Crippen molar-refractivity contribution in [2.24, 2.45) is 17.8 Å². The largest absolute Gasteiger partial charge is 0.447 e. The van der Waals surface area contributed by atoms with E-state index in [2.05, 4.69) is 12.2 Å². The molecule has 1 N–H and O–H groups in total. The lowest BCUT2D eigenvalue weighted by Gasteiger charge is -2.34. The van der Waals surface area contributed by atoms with E-state index in [4.69, 9.17) is 9.47 Å². The molecule has 2 aliphatic rings. The number of nitrogens with one attached hydrogen (secondary N) is 1. The van der Waals surface area contributed by atoms with Gasteiger partial charge in [-0.15, -0.1) is 0 Å². The maximum Gasteiger partial charge on any atom is 0.407 e. The number of carbonyl (C=O) groups excluding carboxylic acids is 1. The van der Waals surface area contributed by atoms with Gasteiger partial charge in [0.25, 0.3) is 0 Å². The predicted octanol–water partition coefficient (Wildman–Crippen LogP) is 4.13. The molecule has 0 radical (unpaired) electrons. The van der Waals surface area contributed by atoms with Gasteiger partial charge in [0.15, 0.2) is 0 Å². The molecule has 1 amide bonds. The van der Waals surface area contributed by atoms with Gasteiger partial charge in [-0.05, 0) is 43.4 Å². The molecule has 0 aromatic rings. The van der Waals surface area contributed by atoms with Crippen LogP contribution in [0.3, 0.4) is 0 Å². The summed E-state index contributed by atoms with van der Waals surface area (Å²) in [5, 5.41) is 3.04. The first-order chi connectivity index (χ1) is 10.7. The molecule has 0 spiro atoms. The minimum atomic E-state index is -0.283. The number of carbonyl (C=O) groups is 1. The van der Waals surface area contributed by atoms with E-state index in [0.717, 1.165) is 30.6 Å². The topological polar surface area (TPSA) is 47.6 Å². The third-order valence-electron chi connectivity index (χ3n) is 5.34. The summed E-state index contributed by atoms with van der Waals surface area (Å²) in [7, 11) is 1.61. The van der Waals surface area contributed by atoms with Crippen molar-refractivity contribution in [1.82, 2.24) is 5.32 Å². The molecule has 0 bridgehead atoms. The second-order valence-electron chi connectivity index (χ2n) is 7.38. The fourth-order valence-corrected chi connectivity index (χ4v) is 4.31. The number of rotatable bonds is 6. The van der Waals surface area contributed by atoms with Crippen molar-refractivity contribution in [2.75, 3.05) is 20.3 Å². The second kappa shape index (κ2) is 9.39. The molecule has 4 nitrogen and oxygen atoms in total. The highest BCUT2D eigenvalue weighted by atomic mass is 16.6. The molecule has 2 fully saturated rings. The van der Waals surface area contributed by atoms with E-state index in [9.17, 15) is 4.79 Å². The zero-order valence-corrected chi connectivity index (χ0v) is 14.3. The smallest absolute Gasteiger partial charge is 0.407 e. The fraction of sp³-hybridized carbons (Fsp3) is 0.944. The van der Waals surface area contributed by atoms with E-state index in [1.165, 1.54) is 44.9 Å². The Morgan fingerprint density at radius 1 is 1.05 bits per heavy atom. The minimum absolute atomic E-state index is 0.283. The van der Waals surface area contributed by atoms with E-state index in [-0.39, 0.29) is 6.09 Å². The van der Waals surface area contributed by atoms with Crippen LogP contribution in [-0.2, 0) is 9.47 Å². The minimum Gasteiger partial charge on any atom is -0.447 e. The number of hydrogen-bond donors (Lipinski definition) is 1. The SMILES string of the molecule is COCCOC(=O)NC1CCCC(CC2CCCC(C)C2)C1. The van der Waals surface area contributed by atoms with Gasteiger partial charge in [0.1, 0.15) is 6.61 Å². The molecule has 128 valence electrons. The summed E-state index contributed by atoms with van der Waals surface area (Å²) in [4.78, 5) is 11.7. The predicted molar refractivity (Wildman–Crippen MR) is 87.8 cm³/mol. The van der Waals surface area contributed by atoms with Gasteiger partial charge in [-0.3, -0.25) is 0 Å². The van der Waals surface area contributed by atoms with Gasteiger partial charge < -0.3 is 14.8 Å². The Balaban J connectivity index is 1.68. The number of alkyl carbamates (subject to hydrolysis) is 1. The summed E-state index contributed by atoms with van der Waals surface area (Å²) in [6, 6.07) is 0.301. The lowest BCUT2D eigenvalue weighted by molar-refractivity contribution is 0.0933. The Hall–Kier alpha value is -0.770. The Morgan fingerprint density at radius 3 is 2.50 bits per heavy atom. The summed E-state index contributed by atoms with van der Waals surface area (Å²) < 4.78 is 10.00. The Morgan fingerprint density at radius 2 is 1.77 bits per heavy atom. The molecular formula is C18H33NO3. The third-order valence-corrected chi connectivity index (χ3v) is 5.34. The van der Waals surface area contributed by atoms with Gasteiger partial charge in [-0.25, -0.2) is 4.79 Å². The first kappa shape index (κ1) is 17.6. The zero-order chi connectivity index (χ0) is 15.8. The zero-order valence-electron chi connectivity index (χ0n) is 14.3. The van der Waals surface area contributed by atoms with Crippen molar-refractivity contribution in [3.8, 4) is 0 Å². The fourth-order valence-electron chi connectivity index (χ4n) is 4.31. The van der Waals surface area contributed by atoms with Gasteiger partial charge in [0.2, 0.25) is 0 Å². The highest BCUT2D eigenvalue weighted by molar-refractivity contribution is 5.67. The van der Waals surface area contributed by atoms with Crippen molar-refractivity contribution in [3.05, 3.63) is 0 Å². The van der Waals surface area contributed by atoms with E-state index in [1.54, 1.807) is 7.11 Å². The van der Waals surface area contributed by atoms with Gasteiger partial charge in [0, 0.05) is 13.2 Å². The van der Waals surface area contributed by atoms with Crippen LogP contribution in [0.2, 0.25) is 0 Å². The highest BCUT2D eigenvalue weighted by Crippen LogP contribution is 2.37. The molecule has 2 saturated carbocycles. The Kier molecular flexibility index (Phi) is 7.50. The molecule has 22 heavy (non-hydrogen) atoms. The van der Waals surface area contributed by atoms with Crippen LogP contribution in [0.4, 0.5) is 4.79 Å². The van der Waals surface area contributed by atoms with E-state index >= 15 is 0 Å². The summed E-state index contributed by atoms with van der Waals surface area (Å²) in [5.41, 5.74) is 0. The molecule has 0 aromatic heterocycles. The van der Waals surface area contributed by atoms with Gasteiger partial charge in [-0.1, -0.05) is 39.0 Å². The highest BCUT2D eigenvalue weighted by Gasteiger charge is 2.27. The third kappa shape index (κ3) is 6.15. The molecule has 4 unspecified atom stereocenters. The van der Waals surface area contributed by atoms with Crippen LogP contribution in [0.15, 0.2) is 0 Å². The average molecular weight is 311 g/mol. The lowest BCUT2D eigenvalue weighted by atomic mass is 9.74. The molecule has 2 rings (SSSR count). The maximum absolute atomic E-state index is 11.7. The van der Waals surface area contributed by atoms with Crippen molar-refractivity contribution in [2.45, 2.75) is 70.8 Å². The number of ether oxygens (including phenoxy) is 2. The molecule has 0 aromatic carbocycles. The second-order valence-corrected chi connectivity index (χ2v) is 7.38. The van der Waals surface area contributed by atoms with Crippen LogP contribution in [0.1, 0.15) is 64.7 Å². The Labute approximate surface area is 135 Å². The standard InChI is InChI=1S/C18H33NO3/c1-14-5-3-6-15(11-14)12-16-7-4-8-17(13-16)19-18(20)22-10-9-21-2/h14-17H,3-13H2,1-2H3,(H,19,20). The molecule has 0 heterocycles. The van der Waals surface area contributed by atoms with Crippen molar-refractivity contribution in [1.29, 1.82) is 0 Å². The summed E-state index contributed by atoms with van der Waals surface area (Å²) in [6.07, 6.45) is 11.5. The van der Waals surface area contributed by atoms with E-state index < -0.39 is 0 Å². The molecular weight excluding hydrogens is 278 g/mol. The lowest BCUT2D eigenvalue weighted by Crippen LogP contribution is -2.39. The van der Waals surface area contributed by atoms with Crippen LogP contribution < -0.4 is 5.32 Å². The van der Waals surface area contributed by atoms with Crippen LogP contribution in [0.5, 0.6) is 0 Å². The van der Waals surface area contributed by atoms with Gasteiger partial charge in [0.05, 0.1) is 6.61 Å². The quantitative estimate of drug-likeness (QED) is 0.750. The molecule has 0 saturated heterocycles. The van der Waals surface area contributed by atoms with E-state index in [0.29, 0.717) is 19.3 Å². The first-order valence-corrected chi connectivity index (χ1v) is 9.09. The Bertz CT molecular complexity index is 334. The van der Waals surface area contributed by atoms with Crippen molar-refractivity contribution >= 4 is 6.09 Å². The maximum atomic E-state index is 11.7. The van der Waals surface area contributed by atoms with Crippen LogP contribution in [0, 0.1) is 17.8 Å². The molecule has 4 heteroatoms. The van der Waals surface area contributed by atoms with Gasteiger partial charge in [-0.2, -0.15) is 0 Å².